The van der Waals surface area contributed by atoms with E-state index in [1.807, 2.05) is 12.1 Å². The summed E-state index contributed by atoms with van der Waals surface area (Å²) in [5.41, 5.74) is 1.25. The second-order valence-electron chi connectivity index (χ2n) is 5.29. The molecule has 1 aromatic rings. The molecule has 1 aromatic carbocycles. The summed E-state index contributed by atoms with van der Waals surface area (Å²) in [5.74, 6) is 3.51. The van der Waals surface area contributed by atoms with Gasteiger partial charge in [0.15, 0.2) is 6.29 Å². The van der Waals surface area contributed by atoms with Crippen molar-refractivity contribution in [1.29, 1.82) is 0 Å². The average molecular weight is 275 g/mol. The van der Waals surface area contributed by atoms with Gasteiger partial charge in [-0.1, -0.05) is 30.4 Å². The highest BCUT2D eigenvalue weighted by Gasteiger charge is 2.42. The van der Waals surface area contributed by atoms with Gasteiger partial charge in [-0.2, -0.15) is 0 Å². The fraction of sp³-hybridized carbons (Fsp3) is 0.400. The molecule has 0 amide bonds. The van der Waals surface area contributed by atoms with Gasteiger partial charge in [-0.3, -0.25) is 10.1 Å². The number of terminal acetylenes is 1. The normalized spacial score (nSPS) is 28.9. The molecule has 2 aliphatic rings. The van der Waals surface area contributed by atoms with Crippen LogP contribution in [0, 0.1) is 18.3 Å². The van der Waals surface area contributed by atoms with Crippen molar-refractivity contribution in [3.05, 3.63) is 28.8 Å². The second kappa shape index (κ2) is 4.56. The van der Waals surface area contributed by atoms with E-state index < -0.39 is 11.7 Å². The van der Waals surface area contributed by atoms with Gasteiger partial charge in [0, 0.05) is 16.3 Å². The van der Waals surface area contributed by atoms with Crippen LogP contribution >= 0.6 is 11.6 Å². The number of carbonyl (C=O) groups is 1. The molecule has 0 bridgehead atoms. The number of aldehydes is 1. The second-order valence-corrected chi connectivity index (χ2v) is 5.73. The number of carbonyl (C=O) groups excluding carboxylic acids is 1. The summed E-state index contributed by atoms with van der Waals surface area (Å²) < 4.78 is 0. The molecule has 0 saturated heterocycles. The maximum Gasteiger partial charge on any atom is 0.157 e. The van der Waals surface area contributed by atoms with Crippen molar-refractivity contribution >= 4 is 23.6 Å². The standard InChI is InChI=1S/C15H15ClN2O/c1-2-15(8-10-3-4-10)12-7-11(16)5-6-13(12)17-14(9-19)18-15/h1,5-7,9-10,14,17-18H,3-4,8H2. The lowest BCUT2D eigenvalue weighted by atomic mass is 9.82. The van der Waals surface area contributed by atoms with Crippen LogP contribution < -0.4 is 10.6 Å². The molecular weight excluding hydrogens is 260 g/mol. The maximum atomic E-state index is 11.1. The van der Waals surface area contributed by atoms with Gasteiger partial charge in [-0.05, 0) is 30.5 Å². The van der Waals surface area contributed by atoms with E-state index in [-0.39, 0.29) is 0 Å². The Morgan fingerprint density at radius 1 is 1.53 bits per heavy atom. The Kier molecular flexibility index (Phi) is 3.00. The van der Waals surface area contributed by atoms with E-state index >= 15 is 0 Å². The summed E-state index contributed by atoms with van der Waals surface area (Å²) in [6.45, 7) is 0. The van der Waals surface area contributed by atoms with Gasteiger partial charge < -0.3 is 5.32 Å². The van der Waals surface area contributed by atoms with E-state index in [2.05, 4.69) is 16.6 Å². The van der Waals surface area contributed by atoms with E-state index in [4.69, 9.17) is 18.0 Å². The minimum atomic E-state index is -0.599. The van der Waals surface area contributed by atoms with Gasteiger partial charge in [-0.25, -0.2) is 0 Å². The molecule has 1 aliphatic carbocycles. The van der Waals surface area contributed by atoms with Crippen molar-refractivity contribution in [1.82, 2.24) is 5.32 Å². The molecule has 1 aliphatic heterocycles. The van der Waals surface area contributed by atoms with Crippen LogP contribution in [-0.2, 0) is 10.3 Å². The molecule has 2 N–H and O–H groups in total. The molecule has 98 valence electrons. The minimum absolute atomic E-state index is 0.455. The molecule has 19 heavy (non-hydrogen) atoms. The third kappa shape index (κ3) is 2.22. The lowest BCUT2D eigenvalue weighted by Crippen LogP contribution is -2.55. The number of rotatable bonds is 3. The molecule has 0 spiro atoms. The number of fused-ring (bicyclic) bond motifs is 1. The van der Waals surface area contributed by atoms with E-state index in [1.54, 1.807) is 6.07 Å². The molecule has 1 heterocycles. The third-order valence-corrected chi connectivity index (χ3v) is 4.06. The first kappa shape index (κ1) is 12.5. The summed E-state index contributed by atoms with van der Waals surface area (Å²) in [7, 11) is 0. The van der Waals surface area contributed by atoms with Gasteiger partial charge in [0.05, 0.1) is 0 Å². The number of anilines is 1. The first-order chi connectivity index (χ1) is 9.16. The molecule has 1 fully saturated rings. The Hall–Kier alpha value is -1.50. The predicted octanol–water partition coefficient (Wildman–Crippen LogP) is 2.51. The Balaban J connectivity index is 2.08. The molecule has 1 saturated carbocycles. The minimum Gasteiger partial charge on any atom is -0.364 e. The Bertz CT molecular complexity index is 562. The lowest BCUT2D eigenvalue weighted by Gasteiger charge is -2.40. The predicted molar refractivity (Wildman–Crippen MR) is 75.9 cm³/mol. The highest BCUT2D eigenvalue weighted by Crippen LogP contribution is 2.44. The first-order valence-electron chi connectivity index (χ1n) is 6.44. The summed E-state index contributed by atoms with van der Waals surface area (Å²) in [6.07, 6.45) is 9.45. The number of hydrogen-bond acceptors (Lipinski definition) is 3. The van der Waals surface area contributed by atoms with Crippen LogP contribution in [0.4, 0.5) is 5.69 Å². The summed E-state index contributed by atoms with van der Waals surface area (Å²) >= 11 is 6.09. The Morgan fingerprint density at radius 2 is 2.32 bits per heavy atom. The van der Waals surface area contributed by atoms with Crippen LogP contribution in [0.2, 0.25) is 5.02 Å². The van der Waals surface area contributed by atoms with E-state index in [1.165, 1.54) is 12.8 Å². The monoisotopic (exact) mass is 274 g/mol. The van der Waals surface area contributed by atoms with Gasteiger partial charge in [-0.15, -0.1) is 6.42 Å². The van der Waals surface area contributed by atoms with Crippen LogP contribution in [0.5, 0.6) is 0 Å². The molecule has 4 heteroatoms. The summed E-state index contributed by atoms with van der Waals surface area (Å²) in [5, 5.41) is 7.03. The fourth-order valence-electron chi connectivity index (χ4n) is 2.71. The van der Waals surface area contributed by atoms with Crippen molar-refractivity contribution in [2.75, 3.05) is 5.32 Å². The third-order valence-electron chi connectivity index (χ3n) is 3.83. The molecule has 3 nitrogen and oxygen atoms in total. The van der Waals surface area contributed by atoms with Crippen LogP contribution in [0.3, 0.4) is 0 Å². The molecule has 0 aromatic heterocycles. The largest absolute Gasteiger partial charge is 0.364 e. The van der Waals surface area contributed by atoms with Gasteiger partial charge in [0.2, 0.25) is 0 Å². The number of hydrogen-bond donors (Lipinski definition) is 2. The van der Waals surface area contributed by atoms with Crippen LogP contribution in [0.25, 0.3) is 0 Å². The highest BCUT2D eigenvalue weighted by molar-refractivity contribution is 6.30. The molecule has 3 rings (SSSR count). The van der Waals surface area contributed by atoms with Crippen LogP contribution in [0.1, 0.15) is 24.8 Å². The van der Waals surface area contributed by atoms with Crippen molar-refractivity contribution in [2.45, 2.75) is 31.0 Å². The van der Waals surface area contributed by atoms with Crippen LogP contribution in [-0.4, -0.2) is 12.5 Å². The number of benzene rings is 1. The topological polar surface area (TPSA) is 41.1 Å². The number of halogens is 1. The zero-order valence-corrected chi connectivity index (χ0v) is 11.2. The quantitative estimate of drug-likeness (QED) is 0.657. The van der Waals surface area contributed by atoms with Crippen molar-refractivity contribution < 1.29 is 4.79 Å². The Morgan fingerprint density at radius 3 is 2.95 bits per heavy atom. The van der Waals surface area contributed by atoms with E-state index in [9.17, 15) is 4.79 Å². The van der Waals surface area contributed by atoms with Gasteiger partial charge in [0.1, 0.15) is 11.7 Å². The zero-order chi connectivity index (χ0) is 13.5. The fourth-order valence-corrected chi connectivity index (χ4v) is 2.88. The van der Waals surface area contributed by atoms with E-state index in [0.717, 1.165) is 24.0 Å². The SMILES string of the molecule is C#CC1(CC2CC2)NC(C=O)Nc2ccc(Cl)cc21. The Labute approximate surface area is 117 Å². The van der Waals surface area contributed by atoms with Crippen LogP contribution in [0.15, 0.2) is 18.2 Å². The van der Waals surface area contributed by atoms with Gasteiger partial charge >= 0.3 is 0 Å². The smallest absolute Gasteiger partial charge is 0.157 e. The maximum absolute atomic E-state index is 11.1. The van der Waals surface area contributed by atoms with Crippen molar-refractivity contribution in [3.8, 4) is 12.3 Å². The summed E-state index contributed by atoms with van der Waals surface area (Å²) in [6, 6.07) is 5.58. The van der Waals surface area contributed by atoms with Crippen molar-refractivity contribution in [2.24, 2.45) is 5.92 Å². The number of nitrogens with one attached hydrogen (secondary N) is 2. The van der Waals surface area contributed by atoms with E-state index in [0.29, 0.717) is 10.9 Å². The highest BCUT2D eigenvalue weighted by atomic mass is 35.5. The molecule has 2 atom stereocenters. The van der Waals surface area contributed by atoms with Crippen molar-refractivity contribution in [3.63, 3.8) is 0 Å². The average Bonchev–Trinajstić information content (AvgIpc) is 3.23. The zero-order valence-electron chi connectivity index (χ0n) is 10.4. The van der Waals surface area contributed by atoms with Gasteiger partial charge in [0.25, 0.3) is 0 Å². The lowest BCUT2D eigenvalue weighted by molar-refractivity contribution is -0.109. The molecular formula is C15H15ClN2O. The molecule has 2 unspecified atom stereocenters. The summed E-state index contributed by atoms with van der Waals surface area (Å²) in [4.78, 5) is 11.1. The first-order valence-corrected chi connectivity index (χ1v) is 6.82. The molecule has 0 radical (unpaired) electrons.